The van der Waals surface area contributed by atoms with Gasteiger partial charge in [-0.25, -0.2) is 13.1 Å². The van der Waals surface area contributed by atoms with E-state index in [4.69, 9.17) is 15.9 Å². The average Bonchev–Trinajstić information content (AvgIpc) is 2.67. The molecule has 0 heterocycles. The summed E-state index contributed by atoms with van der Waals surface area (Å²) in [6.45, 7) is 2.47. The Labute approximate surface area is 102 Å². The van der Waals surface area contributed by atoms with Crippen LogP contribution in [0.15, 0.2) is 0 Å². The Balaban J connectivity index is 2.64. The van der Waals surface area contributed by atoms with Crippen LogP contribution in [0.25, 0.3) is 0 Å². The number of rotatable bonds is 7. The monoisotopic (exact) mass is 263 g/mol. The first-order chi connectivity index (χ1) is 7.92. The molecule has 1 rings (SSSR count). The van der Waals surface area contributed by atoms with Crippen LogP contribution in [0.5, 0.6) is 0 Å². The van der Waals surface area contributed by atoms with E-state index >= 15 is 0 Å². The third-order valence-corrected chi connectivity index (χ3v) is 4.43. The minimum absolute atomic E-state index is 0.0874. The van der Waals surface area contributed by atoms with Crippen molar-refractivity contribution in [3.63, 3.8) is 0 Å². The lowest BCUT2D eigenvalue weighted by Gasteiger charge is -2.28. The second kappa shape index (κ2) is 5.79. The van der Waals surface area contributed by atoms with E-state index in [0.717, 1.165) is 12.8 Å². The molecule has 17 heavy (non-hydrogen) atoms. The van der Waals surface area contributed by atoms with Crippen molar-refractivity contribution in [3.05, 3.63) is 0 Å². The predicted molar refractivity (Wildman–Crippen MR) is 66.5 cm³/mol. The zero-order valence-electron chi connectivity index (χ0n) is 10.2. The van der Waals surface area contributed by atoms with Crippen LogP contribution in [0.2, 0.25) is 0 Å². The molecule has 0 radical (unpaired) electrons. The van der Waals surface area contributed by atoms with E-state index in [0.29, 0.717) is 19.4 Å². The summed E-state index contributed by atoms with van der Waals surface area (Å²) in [4.78, 5) is 0. The van der Waals surface area contributed by atoms with E-state index in [1.165, 1.54) is 0 Å². The van der Waals surface area contributed by atoms with Gasteiger partial charge in [-0.3, -0.25) is 5.41 Å². The van der Waals surface area contributed by atoms with Gasteiger partial charge in [0.15, 0.2) is 0 Å². The van der Waals surface area contributed by atoms with Crippen LogP contribution in [0.4, 0.5) is 0 Å². The Morgan fingerprint density at radius 3 is 2.53 bits per heavy atom. The molecule has 1 fully saturated rings. The minimum atomic E-state index is -3.44. The molecule has 1 aliphatic rings. The lowest BCUT2D eigenvalue weighted by atomic mass is 9.98. The molecule has 1 aliphatic carbocycles. The number of hydrogen-bond acceptors (Lipinski definition) is 4. The molecule has 0 unspecified atom stereocenters. The Hall–Kier alpha value is -0.660. The van der Waals surface area contributed by atoms with Gasteiger partial charge in [0.1, 0.15) is 5.84 Å². The molecule has 6 nitrogen and oxygen atoms in total. The number of hydrogen-bond donors (Lipinski definition) is 3. The highest BCUT2D eigenvalue weighted by Gasteiger charge is 2.40. The number of amidine groups is 1. The molecule has 1 saturated carbocycles. The third kappa shape index (κ3) is 3.93. The Kier molecular flexibility index (Phi) is 4.91. The zero-order chi connectivity index (χ0) is 12.9. The van der Waals surface area contributed by atoms with E-state index in [9.17, 15) is 8.42 Å². The second-order valence-corrected chi connectivity index (χ2v) is 6.16. The van der Waals surface area contributed by atoms with Crippen molar-refractivity contribution in [3.8, 4) is 0 Å². The molecule has 0 spiro atoms. The summed E-state index contributed by atoms with van der Waals surface area (Å²) in [5.74, 6) is -0.175. The fraction of sp³-hybridized carbons (Fsp3) is 0.900. The minimum Gasteiger partial charge on any atom is -0.386 e. The van der Waals surface area contributed by atoms with E-state index < -0.39 is 15.6 Å². The molecule has 0 amide bonds. The van der Waals surface area contributed by atoms with Crippen LogP contribution in [0.3, 0.4) is 0 Å². The number of nitrogens with one attached hydrogen (secondary N) is 2. The smallest absolute Gasteiger partial charge is 0.214 e. The van der Waals surface area contributed by atoms with Crippen molar-refractivity contribution in [2.24, 2.45) is 5.73 Å². The average molecular weight is 263 g/mol. The third-order valence-electron chi connectivity index (χ3n) is 3.02. The first-order valence-electron chi connectivity index (χ1n) is 5.86. The van der Waals surface area contributed by atoms with Gasteiger partial charge in [-0.15, -0.1) is 0 Å². The van der Waals surface area contributed by atoms with Gasteiger partial charge in [0.2, 0.25) is 10.0 Å². The van der Waals surface area contributed by atoms with Gasteiger partial charge in [0, 0.05) is 6.61 Å². The van der Waals surface area contributed by atoms with Gasteiger partial charge >= 0.3 is 0 Å². The Bertz CT molecular complexity index is 361. The lowest BCUT2D eigenvalue weighted by molar-refractivity contribution is 0.163. The van der Waals surface area contributed by atoms with Crippen LogP contribution in [0, 0.1) is 5.41 Å². The molecule has 0 aromatic carbocycles. The molecular weight excluding hydrogens is 242 g/mol. The lowest BCUT2D eigenvalue weighted by Crippen LogP contribution is -2.55. The summed E-state index contributed by atoms with van der Waals surface area (Å²) in [5.41, 5.74) is 4.66. The first kappa shape index (κ1) is 14.4. The standard InChI is InChI=1S/C10H21N3O3S/c1-2-16-7-8-17(14,15)13-10(9(11)12)5-3-4-6-10/h13H,2-8H2,1H3,(H3,11,12). The van der Waals surface area contributed by atoms with Gasteiger partial charge in [-0.05, 0) is 19.8 Å². The van der Waals surface area contributed by atoms with Crippen LogP contribution < -0.4 is 10.5 Å². The highest BCUT2D eigenvalue weighted by atomic mass is 32.2. The maximum atomic E-state index is 11.8. The Morgan fingerprint density at radius 2 is 2.06 bits per heavy atom. The summed E-state index contributed by atoms with van der Waals surface area (Å²) in [6, 6.07) is 0. The fourth-order valence-electron chi connectivity index (χ4n) is 2.07. The van der Waals surface area contributed by atoms with Crippen molar-refractivity contribution in [2.75, 3.05) is 19.0 Å². The molecule has 0 aromatic heterocycles. The van der Waals surface area contributed by atoms with Crippen LogP contribution in [-0.4, -0.2) is 38.8 Å². The number of nitrogens with two attached hydrogens (primary N) is 1. The maximum absolute atomic E-state index is 11.8. The molecule has 0 aliphatic heterocycles. The summed E-state index contributed by atoms with van der Waals surface area (Å²) in [5, 5.41) is 7.55. The van der Waals surface area contributed by atoms with Crippen molar-refractivity contribution in [2.45, 2.75) is 38.1 Å². The number of sulfonamides is 1. The molecule has 0 saturated heterocycles. The summed E-state index contributed by atoms with van der Waals surface area (Å²) in [7, 11) is -3.44. The zero-order valence-corrected chi connectivity index (χ0v) is 11.0. The molecule has 0 bridgehead atoms. The Morgan fingerprint density at radius 1 is 1.47 bits per heavy atom. The first-order valence-corrected chi connectivity index (χ1v) is 7.51. The van der Waals surface area contributed by atoms with Gasteiger partial charge < -0.3 is 10.5 Å². The SMILES string of the molecule is CCOCCS(=O)(=O)NC1(C(=N)N)CCCC1. The van der Waals surface area contributed by atoms with E-state index in [1.54, 1.807) is 0 Å². The van der Waals surface area contributed by atoms with Crippen LogP contribution >= 0.6 is 0 Å². The maximum Gasteiger partial charge on any atom is 0.214 e. The van der Waals surface area contributed by atoms with Gasteiger partial charge in [-0.1, -0.05) is 12.8 Å². The van der Waals surface area contributed by atoms with Gasteiger partial charge in [0.25, 0.3) is 0 Å². The number of ether oxygens (including phenoxy) is 1. The fourth-order valence-corrected chi connectivity index (χ4v) is 3.42. The second-order valence-electron chi connectivity index (χ2n) is 4.32. The molecule has 7 heteroatoms. The quantitative estimate of drug-likeness (QED) is 0.346. The van der Waals surface area contributed by atoms with Crippen LogP contribution in [-0.2, 0) is 14.8 Å². The topological polar surface area (TPSA) is 105 Å². The van der Waals surface area contributed by atoms with Crippen molar-refractivity contribution >= 4 is 15.9 Å². The molecule has 4 N–H and O–H groups in total. The van der Waals surface area contributed by atoms with Gasteiger partial charge in [0.05, 0.1) is 17.9 Å². The summed E-state index contributed by atoms with van der Waals surface area (Å²) >= 11 is 0. The highest BCUT2D eigenvalue weighted by molar-refractivity contribution is 7.89. The molecule has 0 aromatic rings. The normalized spacial score (nSPS) is 19.4. The highest BCUT2D eigenvalue weighted by Crippen LogP contribution is 2.30. The van der Waals surface area contributed by atoms with Crippen molar-refractivity contribution < 1.29 is 13.2 Å². The van der Waals surface area contributed by atoms with E-state index in [1.807, 2.05) is 6.92 Å². The van der Waals surface area contributed by atoms with Crippen molar-refractivity contribution in [1.82, 2.24) is 4.72 Å². The van der Waals surface area contributed by atoms with Gasteiger partial charge in [-0.2, -0.15) is 0 Å². The molecule has 100 valence electrons. The molecular formula is C10H21N3O3S. The summed E-state index contributed by atoms with van der Waals surface area (Å²) in [6.07, 6.45) is 3.01. The predicted octanol–water partition coefficient (Wildman–Crippen LogP) is 0.191. The largest absolute Gasteiger partial charge is 0.386 e. The molecule has 0 atom stereocenters. The summed E-state index contributed by atoms with van der Waals surface area (Å²) < 4.78 is 31.2. The van der Waals surface area contributed by atoms with Crippen LogP contribution in [0.1, 0.15) is 32.6 Å². The van der Waals surface area contributed by atoms with E-state index in [2.05, 4.69) is 4.72 Å². The van der Waals surface area contributed by atoms with E-state index in [-0.39, 0.29) is 18.2 Å². The van der Waals surface area contributed by atoms with Crippen molar-refractivity contribution in [1.29, 1.82) is 5.41 Å².